The molecular formula is C22H18BrN5O3S2. The van der Waals surface area contributed by atoms with E-state index in [9.17, 15) is 13.2 Å². The summed E-state index contributed by atoms with van der Waals surface area (Å²) in [5.74, 6) is -0.265. The van der Waals surface area contributed by atoms with Gasteiger partial charge in [0.1, 0.15) is 0 Å². The first-order valence-electron chi connectivity index (χ1n) is 9.65. The second kappa shape index (κ2) is 9.40. The Bertz CT molecular complexity index is 1380. The van der Waals surface area contributed by atoms with Gasteiger partial charge in [-0.1, -0.05) is 52.3 Å². The number of nitrogens with two attached hydrogens (primary N) is 1. The molecule has 3 aromatic rings. The highest BCUT2D eigenvalue weighted by Gasteiger charge is 2.34. The van der Waals surface area contributed by atoms with Crippen molar-refractivity contribution in [1.29, 1.82) is 0 Å². The summed E-state index contributed by atoms with van der Waals surface area (Å²) in [6.07, 6.45) is 0. The van der Waals surface area contributed by atoms with Gasteiger partial charge in [-0.25, -0.2) is 13.6 Å². The van der Waals surface area contributed by atoms with Gasteiger partial charge in [0.15, 0.2) is 10.8 Å². The van der Waals surface area contributed by atoms with E-state index in [4.69, 9.17) is 17.4 Å². The van der Waals surface area contributed by atoms with Crippen molar-refractivity contribution >= 4 is 66.3 Å². The average Bonchev–Trinajstić information content (AvgIpc) is 3.03. The molecule has 0 spiro atoms. The molecule has 0 radical (unpaired) electrons. The predicted octanol–water partition coefficient (Wildman–Crippen LogP) is 3.33. The van der Waals surface area contributed by atoms with E-state index in [1.54, 1.807) is 11.0 Å². The van der Waals surface area contributed by atoms with E-state index >= 15 is 0 Å². The lowest BCUT2D eigenvalue weighted by Crippen LogP contribution is -2.32. The number of carbonyl (C=O) groups excluding carboxylic acids is 1. The number of hydrazone groups is 1. The van der Waals surface area contributed by atoms with Gasteiger partial charge < -0.3 is 10.2 Å². The molecule has 0 aromatic heterocycles. The number of hydrogen-bond acceptors (Lipinski definition) is 5. The Morgan fingerprint density at radius 3 is 2.55 bits per heavy atom. The summed E-state index contributed by atoms with van der Waals surface area (Å²) in [6, 6.07) is 21.1. The zero-order valence-corrected chi connectivity index (χ0v) is 20.2. The number of nitrogens with one attached hydrogen (secondary N) is 2. The van der Waals surface area contributed by atoms with Crippen LogP contribution in [0.1, 0.15) is 11.1 Å². The Hall–Kier alpha value is -3.12. The first kappa shape index (κ1) is 23.1. The van der Waals surface area contributed by atoms with Gasteiger partial charge in [-0.3, -0.25) is 10.2 Å². The highest BCUT2D eigenvalue weighted by Crippen LogP contribution is 2.33. The van der Waals surface area contributed by atoms with Crippen LogP contribution in [0.25, 0.3) is 0 Å². The van der Waals surface area contributed by atoms with Gasteiger partial charge in [-0.15, -0.1) is 0 Å². The monoisotopic (exact) mass is 543 g/mol. The number of halogens is 1. The van der Waals surface area contributed by atoms with Gasteiger partial charge >= 0.3 is 0 Å². The fourth-order valence-electron chi connectivity index (χ4n) is 3.33. The molecule has 0 unspecified atom stereocenters. The summed E-state index contributed by atoms with van der Waals surface area (Å²) in [7, 11) is -3.85. The fraction of sp³-hybridized carbons (Fsp3) is 0.0455. The molecule has 0 fully saturated rings. The summed E-state index contributed by atoms with van der Waals surface area (Å²) in [5, 5.41) is 12.3. The molecule has 1 heterocycles. The third-order valence-electron chi connectivity index (χ3n) is 4.83. The smallest absolute Gasteiger partial charge is 0.279 e. The molecule has 168 valence electrons. The van der Waals surface area contributed by atoms with Crippen LogP contribution in [0.5, 0.6) is 0 Å². The number of fused-ring (bicyclic) bond motifs is 1. The summed E-state index contributed by atoms with van der Waals surface area (Å²) in [4.78, 5) is 14.8. The number of benzene rings is 3. The normalized spacial score (nSPS) is 14.3. The van der Waals surface area contributed by atoms with Gasteiger partial charge in [0.05, 0.1) is 17.1 Å². The number of primary sulfonamides is 1. The van der Waals surface area contributed by atoms with Crippen LogP contribution in [-0.2, 0) is 21.4 Å². The summed E-state index contributed by atoms with van der Waals surface area (Å²) in [5.41, 5.74) is 5.69. The van der Waals surface area contributed by atoms with Gasteiger partial charge in [0.2, 0.25) is 10.0 Å². The third kappa shape index (κ3) is 5.28. The zero-order chi connectivity index (χ0) is 23.6. The summed E-state index contributed by atoms with van der Waals surface area (Å²) >= 11 is 8.72. The van der Waals surface area contributed by atoms with Crippen molar-refractivity contribution in [3.05, 3.63) is 88.4 Å². The number of carbonyl (C=O) groups is 1. The first-order chi connectivity index (χ1) is 15.7. The molecule has 4 rings (SSSR count). The number of nitrogens with zero attached hydrogens (tertiary/aromatic N) is 2. The van der Waals surface area contributed by atoms with Crippen molar-refractivity contribution < 1.29 is 13.2 Å². The number of anilines is 2. The molecule has 33 heavy (non-hydrogen) atoms. The molecule has 1 amide bonds. The Balaban J connectivity index is 1.55. The van der Waals surface area contributed by atoms with E-state index < -0.39 is 10.0 Å². The fourth-order valence-corrected chi connectivity index (χ4v) is 4.40. The molecule has 0 atom stereocenters. The molecule has 11 heteroatoms. The second-order valence-electron chi connectivity index (χ2n) is 7.14. The van der Waals surface area contributed by atoms with Crippen LogP contribution in [0.3, 0.4) is 0 Å². The highest BCUT2D eigenvalue weighted by molar-refractivity contribution is 9.10. The largest absolute Gasteiger partial charge is 0.331 e. The number of amides is 1. The van der Waals surface area contributed by atoms with Crippen molar-refractivity contribution in [2.75, 3.05) is 10.2 Å². The second-order valence-corrected chi connectivity index (χ2v) is 10.0. The molecule has 0 saturated carbocycles. The number of hydrogen-bond donors (Lipinski definition) is 3. The van der Waals surface area contributed by atoms with Crippen LogP contribution in [-0.4, -0.2) is 25.1 Å². The highest BCUT2D eigenvalue weighted by atomic mass is 79.9. The minimum atomic E-state index is -3.85. The molecule has 1 aliphatic rings. The zero-order valence-electron chi connectivity index (χ0n) is 17.0. The van der Waals surface area contributed by atoms with Crippen LogP contribution in [0.4, 0.5) is 11.4 Å². The SMILES string of the molecule is NS(=O)(=O)c1cccc(NC(=S)NN=C2C(=O)N(Cc3ccccc3)c3cc(Br)ccc32)c1. The lowest BCUT2D eigenvalue weighted by molar-refractivity contribution is -0.112. The molecule has 1 aliphatic heterocycles. The molecular weight excluding hydrogens is 526 g/mol. The first-order valence-corrected chi connectivity index (χ1v) is 12.4. The maximum atomic E-state index is 13.2. The average molecular weight is 544 g/mol. The Morgan fingerprint density at radius 2 is 1.82 bits per heavy atom. The lowest BCUT2D eigenvalue weighted by atomic mass is 10.1. The summed E-state index contributed by atoms with van der Waals surface area (Å²) in [6.45, 7) is 0.394. The van der Waals surface area contributed by atoms with E-state index in [2.05, 4.69) is 31.8 Å². The van der Waals surface area contributed by atoms with Crippen molar-refractivity contribution in [3.63, 3.8) is 0 Å². The maximum Gasteiger partial charge on any atom is 0.279 e. The van der Waals surface area contributed by atoms with E-state index in [0.29, 0.717) is 17.8 Å². The lowest BCUT2D eigenvalue weighted by Gasteiger charge is -2.17. The minimum absolute atomic E-state index is 0.0522. The van der Waals surface area contributed by atoms with Crippen molar-refractivity contribution in [1.82, 2.24) is 5.43 Å². The van der Waals surface area contributed by atoms with Crippen LogP contribution in [0.15, 0.2) is 87.3 Å². The van der Waals surface area contributed by atoms with Crippen molar-refractivity contribution in [2.45, 2.75) is 11.4 Å². The van der Waals surface area contributed by atoms with Crippen molar-refractivity contribution in [3.8, 4) is 0 Å². The molecule has 0 bridgehead atoms. The van der Waals surface area contributed by atoms with Crippen LogP contribution >= 0.6 is 28.1 Å². The molecule has 0 saturated heterocycles. The molecule has 0 aliphatic carbocycles. The topological polar surface area (TPSA) is 117 Å². The van der Waals surface area contributed by atoms with Crippen LogP contribution in [0.2, 0.25) is 0 Å². The van der Waals surface area contributed by atoms with Gasteiger partial charge in [-0.2, -0.15) is 5.10 Å². The third-order valence-corrected chi connectivity index (χ3v) is 6.42. The van der Waals surface area contributed by atoms with Crippen LogP contribution < -0.4 is 20.8 Å². The van der Waals surface area contributed by atoms with Crippen LogP contribution in [0, 0.1) is 0 Å². The van der Waals surface area contributed by atoms with E-state index in [-0.39, 0.29) is 21.6 Å². The number of thiocarbonyl (C=S) groups is 1. The Kier molecular flexibility index (Phi) is 6.56. The van der Waals surface area contributed by atoms with Crippen molar-refractivity contribution in [2.24, 2.45) is 10.2 Å². The molecule has 3 aromatic carbocycles. The van der Waals surface area contributed by atoms with Gasteiger partial charge in [0.25, 0.3) is 5.91 Å². The maximum absolute atomic E-state index is 13.2. The molecule has 8 nitrogen and oxygen atoms in total. The van der Waals surface area contributed by atoms with Gasteiger partial charge in [-0.05, 0) is 54.2 Å². The standard InChI is InChI=1S/C22H18BrN5O3S2/c23-15-9-10-18-19(11-15)28(13-14-5-2-1-3-6-14)21(29)20(18)26-27-22(32)25-16-7-4-8-17(12-16)33(24,30)31/h1-12H,13H2,(H2,24,30,31)(H2,25,27,32). The Labute approximate surface area is 204 Å². The number of rotatable bonds is 5. The quantitative estimate of drug-likeness (QED) is 0.335. The summed E-state index contributed by atoms with van der Waals surface area (Å²) < 4.78 is 23.9. The van der Waals surface area contributed by atoms with E-state index in [1.165, 1.54) is 18.2 Å². The molecule has 4 N–H and O–H groups in total. The Morgan fingerprint density at radius 1 is 1.06 bits per heavy atom. The predicted molar refractivity (Wildman–Crippen MR) is 135 cm³/mol. The van der Waals surface area contributed by atoms with E-state index in [0.717, 1.165) is 15.7 Å². The van der Waals surface area contributed by atoms with E-state index in [1.807, 2.05) is 48.5 Å². The minimum Gasteiger partial charge on any atom is -0.331 e. The van der Waals surface area contributed by atoms with Gasteiger partial charge in [0, 0.05) is 15.7 Å². The number of sulfonamides is 1.